The monoisotopic (exact) mass is 272 g/mol. The van der Waals surface area contributed by atoms with Crippen molar-refractivity contribution in [3.8, 4) is 0 Å². The topological polar surface area (TPSA) is 42.0 Å². The summed E-state index contributed by atoms with van der Waals surface area (Å²) in [6.45, 7) is 2.53. The zero-order valence-corrected chi connectivity index (χ0v) is 11.6. The van der Waals surface area contributed by atoms with Crippen molar-refractivity contribution in [3.05, 3.63) is 59.9 Å². The molecule has 3 nitrogen and oxygen atoms in total. The van der Waals surface area contributed by atoms with Crippen molar-refractivity contribution in [1.29, 1.82) is 0 Å². The summed E-state index contributed by atoms with van der Waals surface area (Å²) >= 11 is 1.68. The Morgan fingerprint density at radius 2 is 2.00 bits per heavy atom. The zero-order valence-electron chi connectivity index (χ0n) is 10.8. The maximum atomic E-state index is 12.2. The van der Waals surface area contributed by atoms with E-state index in [1.807, 2.05) is 42.5 Å². The summed E-state index contributed by atoms with van der Waals surface area (Å²) < 4.78 is 0. The van der Waals surface area contributed by atoms with E-state index >= 15 is 0 Å². The number of aromatic nitrogens is 1. The predicted molar refractivity (Wildman–Crippen MR) is 78.2 cm³/mol. The van der Waals surface area contributed by atoms with Gasteiger partial charge in [-0.3, -0.25) is 9.78 Å². The van der Waals surface area contributed by atoms with Crippen molar-refractivity contribution in [2.24, 2.45) is 0 Å². The van der Waals surface area contributed by atoms with Gasteiger partial charge in [-0.15, -0.1) is 11.8 Å². The van der Waals surface area contributed by atoms with E-state index in [2.05, 4.69) is 17.2 Å². The van der Waals surface area contributed by atoms with Crippen molar-refractivity contribution in [2.75, 3.05) is 5.75 Å². The molecule has 2 aromatic rings. The summed E-state index contributed by atoms with van der Waals surface area (Å²) in [5, 5.41) is 2.90. The summed E-state index contributed by atoms with van der Waals surface area (Å²) in [5.74, 6) is 0.895. The zero-order chi connectivity index (χ0) is 13.5. The molecule has 0 aliphatic carbocycles. The van der Waals surface area contributed by atoms with E-state index in [-0.39, 0.29) is 5.91 Å². The molecular weight excluding hydrogens is 256 g/mol. The number of nitrogens with one attached hydrogen (secondary N) is 1. The van der Waals surface area contributed by atoms with E-state index < -0.39 is 0 Å². The van der Waals surface area contributed by atoms with Crippen LogP contribution in [0.4, 0.5) is 0 Å². The number of rotatable bonds is 5. The Hall–Kier alpha value is -1.81. The molecule has 0 unspecified atom stereocenters. The Morgan fingerprint density at radius 1 is 1.21 bits per heavy atom. The molecule has 0 radical (unpaired) electrons. The third-order valence-electron chi connectivity index (χ3n) is 2.59. The van der Waals surface area contributed by atoms with Crippen molar-refractivity contribution in [3.63, 3.8) is 0 Å². The Kier molecular flexibility index (Phi) is 4.98. The molecule has 1 aromatic heterocycles. The summed E-state index contributed by atoms with van der Waals surface area (Å²) in [4.78, 5) is 17.4. The predicted octanol–water partition coefficient (Wildman–Crippen LogP) is 3.12. The quantitative estimate of drug-likeness (QED) is 0.850. The van der Waals surface area contributed by atoms with Crippen molar-refractivity contribution < 1.29 is 4.79 Å². The Labute approximate surface area is 117 Å². The van der Waals surface area contributed by atoms with Crippen LogP contribution in [0.25, 0.3) is 0 Å². The van der Waals surface area contributed by atoms with Gasteiger partial charge in [-0.25, -0.2) is 0 Å². The van der Waals surface area contributed by atoms with Gasteiger partial charge >= 0.3 is 0 Å². The molecule has 1 N–H and O–H groups in total. The number of nitrogens with zero attached hydrogens (tertiary/aromatic N) is 1. The summed E-state index contributed by atoms with van der Waals surface area (Å²) in [6, 6.07) is 13.3. The molecule has 0 fully saturated rings. The van der Waals surface area contributed by atoms with Gasteiger partial charge in [0.25, 0.3) is 5.91 Å². The molecule has 2 rings (SSSR count). The number of amides is 1. The molecule has 0 aliphatic rings. The minimum absolute atomic E-state index is 0.0535. The van der Waals surface area contributed by atoms with Crippen LogP contribution in [0.15, 0.2) is 53.6 Å². The first-order chi connectivity index (χ1) is 9.31. The Morgan fingerprint density at radius 3 is 2.74 bits per heavy atom. The van der Waals surface area contributed by atoms with Crippen LogP contribution >= 0.6 is 11.8 Å². The lowest BCUT2D eigenvalue weighted by Gasteiger charge is -2.08. The van der Waals surface area contributed by atoms with Crippen LogP contribution in [-0.2, 0) is 6.54 Å². The fourth-order valence-electron chi connectivity index (χ4n) is 1.70. The van der Waals surface area contributed by atoms with Crippen LogP contribution < -0.4 is 5.32 Å². The normalized spacial score (nSPS) is 10.2. The molecule has 1 amide bonds. The van der Waals surface area contributed by atoms with Crippen LogP contribution in [0.3, 0.4) is 0 Å². The highest BCUT2D eigenvalue weighted by Crippen LogP contribution is 2.22. The Bertz CT molecular complexity index is 543. The van der Waals surface area contributed by atoms with Gasteiger partial charge in [-0.1, -0.05) is 25.1 Å². The van der Waals surface area contributed by atoms with Gasteiger partial charge in [0, 0.05) is 11.1 Å². The first-order valence-electron chi connectivity index (χ1n) is 6.21. The van der Waals surface area contributed by atoms with E-state index in [4.69, 9.17) is 0 Å². The molecule has 0 spiro atoms. The second kappa shape index (κ2) is 6.95. The minimum Gasteiger partial charge on any atom is -0.346 e. The largest absolute Gasteiger partial charge is 0.346 e. The smallest absolute Gasteiger partial charge is 0.252 e. The summed E-state index contributed by atoms with van der Waals surface area (Å²) in [5.41, 5.74) is 1.58. The molecular formula is C15H16N2OS. The maximum absolute atomic E-state index is 12.2. The summed E-state index contributed by atoms with van der Waals surface area (Å²) in [6.07, 6.45) is 1.72. The molecule has 19 heavy (non-hydrogen) atoms. The molecule has 0 aliphatic heterocycles. The van der Waals surface area contributed by atoms with Crippen LogP contribution in [0.2, 0.25) is 0 Å². The van der Waals surface area contributed by atoms with Gasteiger partial charge in [0.2, 0.25) is 0 Å². The number of carbonyl (C=O) groups is 1. The molecule has 0 saturated carbocycles. The van der Waals surface area contributed by atoms with E-state index in [9.17, 15) is 4.79 Å². The molecule has 98 valence electrons. The molecule has 1 aromatic carbocycles. The Balaban J connectivity index is 2.04. The molecule has 0 bridgehead atoms. The standard InChI is InChI=1S/C15H16N2OS/c1-2-19-14-9-4-3-8-13(14)15(18)17-11-12-7-5-6-10-16-12/h3-10H,2,11H2,1H3,(H,17,18). The van der Waals surface area contributed by atoms with Crippen molar-refractivity contribution in [1.82, 2.24) is 10.3 Å². The van der Waals surface area contributed by atoms with E-state index in [1.54, 1.807) is 18.0 Å². The number of pyridine rings is 1. The summed E-state index contributed by atoms with van der Waals surface area (Å²) in [7, 11) is 0. The third kappa shape index (κ3) is 3.83. The lowest BCUT2D eigenvalue weighted by atomic mass is 10.2. The van der Waals surface area contributed by atoms with E-state index in [1.165, 1.54) is 0 Å². The highest BCUT2D eigenvalue weighted by atomic mass is 32.2. The average Bonchev–Trinajstić information content (AvgIpc) is 2.47. The molecule has 0 atom stereocenters. The second-order valence-electron chi connectivity index (χ2n) is 3.93. The van der Waals surface area contributed by atoms with E-state index in [0.29, 0.717) is 6.54 Å². The lowest BCUT2D eigenvalue weighted by molar-refractivity contribution is 0.0947. The number of thioether (sulfide) groups is 1. The number of carbonyl (C=O) groups excluding carboxylic acids is 1. The molecule has 1 heterocycles. The van der Waals surface area contributed by atoms with Gasteiger partial charge in [0.15, 0.2) is 0 Å². The van der Waals surface area contributed by atoms with Gasteiger partial charge in [-0.05, 0) is 30.0 Å². The van der Waals surface area contributed by atoms with Crippen molar-refractivity contribution in [2.45, 2.75) is 18.4 Å². The average molecular weight is 272 g/mol. The van der Waals surface area contributed by atoms with Crippen LogP contribution in [-0.4, -0.2) is 16.6 Å². The maximum Gasteiger partial charge on any atom is 0.252 e. The van der Waals surface area contributed by atoms with E-state index in [0.717, 1.165) is 21.9 Å². The lowest BCUT2D eigenvalue weighted by Crippen LogP contribution is -2.23. The van der Waals surface area contributed by atoms with Gasteiger partial charge in [0.05, 0.1) is 17.8 Å². The van der Waals surface area contributed by atoms with Crippen LogP contribution in [0.5, 0.6) is 0 Å². The highest BCUT2D eigenvalue weighted by molar-refractivity contribution is 7.99. The van der Waals surface area contributed by atoms with Crippen molar-refractivity contribution >= 4 is 17.7 Å². The molecule has 0 saturated heterocycles. The fraction of sp³-hybridized carbons (Fsp3) is 0.200. The first kappa shape index (κ1) is 13.6. The number of hydrogen-bond acceptors (Lipinski definition) is 3. The van der Waals surface area contributed by atoms with Gasteiger partial charge in [-0.2, -0.15) is 0 Å². The molecule has 4 heteroatoms. The van der Waals surface area contributed by atoms with Gasteiger partial charge in [0.1, 0.15) is 0 Å². The highest BCUT2D eigenvalue weighted by Gasteiger charge is 2.10. The van der Waals surface area contributed by atoms with Gasteiger partial charge < -0.3 is 5.32 Å². The number of hydrogen-bond donors (Lipinski definition) is 1. The first-order valence-corrected chi connectivity index (χ1v) is 7.19. The SMILES string of the molecule is CCSc1ccccc1C(=O)NCc1ccccn1. The second-order valence-corrected chi connectivity index (χ2v) is 5.24. The van der Waals surface area contributed by atoms with Crippen LogP contribution in [0.1, 0.15) is 23.0 Å². The third-order valence-corrected chi connectivity index (χ3v) is 3.54. The minimum atomic E-state index is -0.0535. The fourth-order valence-corrected chi connectivity index (χ4v) is 2.51. The van der Waals surface area contributed by atoms with Crippen LogP contribution in [0, 0.1) is 0 Å². The number of benzene rings is 1.